The van der Waals surface area contributed by atoms with E-state index in [-0.39, 0.29) is 5.92 Å². The lowest BCUT2D eigenvalue weighted by Gasteiger charge is -2.09. The maximum absolute atomic E-state index is 10.6. The summed E-state index contributed by atoms with van der Waals surface area (Å²) in [5, 5.41) is 8.76. The fourth-order valence-corrected chi connectivity index (χ4v) is 1.01. The zero-order valence-electron chi connectivity index (χ0n) is 7.66. The Morgan fingerprint density at radius 1 is 1.58 bits per heavy atom. The number of carbonyl (C=O) groups is 1. The van der Waals surface area contributed by atoms with Gasteiger partial charge in [0.15, 0.2) is 0 Å². The summed E-state index contributed by atoms with van der Waals surface area (Å²) in [5.41, 5.74) is 5.23. The van der Waals surface area contributed by atoms with E-state index in [0.717, 1.165) is 0 Å². The molecule has 0 amide bonds. The molecule has 3 heteroatoms. The van der Waals surface area contributed by atoms with Gasteiger partial charge in [0, 0.05) is 6.54 Å². The Kier molecular flexibility index (Phi) is 5.37. The van der Waals surface area contributed by atoms with E-state index in [0.29, 0.717) is 18.9 Å². The molecule has 12 heavy (non-hydrogen) atoms. The first-order chi connectivity index (χ1) is 5.57. The van der Waals surface area contributed by atoms with Crippen LogP contribution in [0.1, 0.15) is 20.3 Å². The van der Waals surface area contributed by atoms with E-state index in [1.54, 1.807) is 12.2 Å². The van der Waals surface area contributed by atoms with Crippen LogP contribution >= 0.6 is 0 Å². The minimum Gasteiger partial charge on any atom is -0.481 e. The van der Waals surface area contributed by atoms with Crippen molar-refractivity contribution >= 4 is 5.97 Å². The molecule has 3 N–H and O–H groups in total. The van der Waals surface area contributed by atoms with Crippen LogP contribution in [-0.2, 0) is 4.79 Å². The van der Waals surface area contributed by atoms with Crippen LogP contribution in [0.2, 0.25) is 0 Å². The van der Waals surface area contributed by atoms with Crippen LogP contribution in [0.15, 0.2) is 12.2 Å². The molecule has 0 radical (unpaired) electrons. The molecule has 0 spiro atoms. The van der Waals surface area contributed by atoms with Crippen molar-refractivity contribution in [1.29, 1.82) is 0 Å². The van der Waals surface area contributed by atoms with Crippen molar-refractivity contribution in [2.24, 2.45) is 17.6 Å². The van der Waals surface area contributed by atoms with Crippen LogP contribution in [0, 0.1) is 11.8 Å². The highest BCUT2D eigenvalue weighted by Crippen LogP contribution is 2.12. The van der Waals surface area contributed by atoms with Crippen LogP contribution in [0.25, 0.3) is 0 Å². The molecule has 0 aliphatic rings. The van der Waals surface area contributed by atoms with Gasteiger partial charge in [-0.05, 0) is 12.3 Å². The van der Waals surface area contributed by atoms with E-state index in [9.17, 15) is 4.79 Å². The molecule has 3 nitrogen and oxygen atoms in total. The molecule has 0 saturated carbocycles. The fourth-order valence-electron chi connectivity index (χ4n) is 1.01. The number of nitrogens with two attached hydrogens (primary N) is 1. The van der Waals surface area contributed by atoms with Crippen molar-refractivity contribution < 1.29 is 9.90 Å². The Labute approximate surface area is 73.3 Å². The van der Waals surface area contributed by atoms with Crippen molar-refractivity contribution in [3.63, 3.8) is 0 Å². The average molecular weight is 171 g/mol. The molecule has 0 aromatic heterocycles. The predicted molar refractivity (Wildman–Crippen MR) is 48.8 cm³/mol. The summed E-state index contributed by atoms with van der Waals surface area (Å²) in [4.78, 5) is 10.6. The standard InChI is InChI=1S/C9H17NO2/c1-7(2)6-8(9(11)12)4-3-5-10/h3-4,7-8H,5-6,10H2,1-2H3,(H,11,12)/b4-3-/t8-/m1/s1. The number of carboxylic acid groups (broad SMARTS) is 1. The maximum Gasteiger partial charge on any atom is 0.310 e. The van der Waals surface area contributed by atoms with Crippen LogP contribution in [-0.4, -0.2) is 17.6 Å². The molecule has 0 aliphatic carbocycles. The number of rotatable bonds is 5. The molecule has 0 unspecified atom stereocenters. The van der Waals surface area contributed by atoms with Crippen LogP contribution in [0.5, 0.6) is 0 Å². The van der Waals surface area contributed by atoms with Crippen LogP contribution in [0.3, 0.4) is 0 Å². The molecule has 0 saturated heterocycles. The fraction of sp³-hybridized carbons (Fsp3) is 0.667. The van der Waals surface area contributed by atoms with Crippen molar-refractivity contribution in [3.8, 4) is 0 Å². The van der Waals surface area contributed by atoms with Gasteiger partial charge in [-0.15, -0.1) is 0 Å². The largest absolute Gasteiger partial charge is 0.481 e. The highest BCUT2D eigenvalue weighted by molar-refractivity contribution is 5.72. The van der Waals surface area contributed by atoms with E-state index in [4.69, 9.17) is 10.8 Å². The molecule has 0 aliphatic heterocycles. The molecule has 70 valence electrons. The SMILES string of the molecule is CC(C)C[C@@H](/C=C\CN)C(=O)O. The number of aliphatic carboxylic acids is 1. The molecule has 0 rings (SSSR count). The lowest BCUT2D eigenvalue weighted by atomic mass is 9.97. The smallest absolute Gasteiger partial charge is 0.310 e. The Bertz CT molecular complexity index is 164. The Balaban J connectivity index is 4.04. The second-order valence-corrected chi connectivity index (χ2v) is 3.24. The van der Waals surface area contributed by atoms with Crippen molar-refractivity contribution in [3.05, 3.63) is 12.2 Å². The summed E-state index contributed by atoms with van der Waals surface area (Å²) in [6.07, 6.45) is 4.04. The molecular formula is C9H17NO2. The minimum absolute atomic E-state index is 0.381. The normalized spacial score (nSPS) is 14.0. The Hall–Kier alpha value is -0.830. The van der Waals surface area contributed by atoms with E-state index < -0.39 is 5.97 Å². The first kappa shape index (κ1) is 11.2. The van der Waals surface area contributed by atoms with Gasteiger partial charge in [0.25, 0.3) is 0 Å². The second-order valence-electron chi connectivity index (χ2n) is 3.24. The van der Waals surface area contributed by atoms with Crippen molar-refractivity contribution in [2.75, 3.05) is 6.54 Å². The molecule has 0 fully saturated rings. The first-order valence-corrected chi connectivity index (χ1v) is 4.17. The summed E-state index contributed by atoms with van der Waals surface area (Å²) >= 11 is 0. The zero-order valence-corrected chi connectivity index (χ0v) is 7.66. The minimum atomic E-state index is -0.770. The van der Waals surface area contributed by atoms with Gasteiger partial charge in [0.1, 0.15) is 0 Å². The van der Waals surface area contributed by atoms with Gasteiger partial charge in [-0.2, -0.15) is 0 Å². The van der Waals surface area contributed by atoms with Gasteiger partial charge in [0.2, 0.25) is 0 Å². The third kappa shape index (κ3) is 4.91. The van der Waals surface area contributed by atoms with Gasteiger partial charge in [0.05, 0.1) is 5.92 Å². The number of hydrogen-bond donors (Lipinski definition) is 2. The highest BCUT2D eigenvalue weighted by Gasteiger charge is 2.14. The van der Waals surface area contributed by atoms with Gasteiger partial charge in [-0.3, -0.25) is 4.79 Å². The third-order valence-electron chi connectivity index (χ3n) is 1.55. The van der Waals surface area contributed by atoms with E-state index >= 15 is 0 Å². The zero-order chi connectivity index (χ0) is 9.56. The average Bonchev–Trinajstić information content (AvgIpc) is 1.96. The van der Waals surface area contributed by atoms with Gasteiger partial charge >= 0.3 is 5.97 Å². The van der Waals surface area contributed by atoms with E-state index in [2.05, 4.69) is 0 Å². The maximum atomic E-state index is 10.6. The van der Waals surface area contributed by atoms with E-state index in [1.165, 1.54) is 0 Å². The molecule has 0 aromatic rings. The molecule has 0 aromatic carbocycles. The van der Waals surface area contributed by atoms with Gasteiger partial charge in [-0.1, -0.05) is 26.0 Å². The Morgan fingerprint density at radius 2 is 2.17 bits per heavy atom. The third-order valence-corrected chi connectivity index (χ3v) is 1.55. The summed E-state index contributed by atoms with van der Waals surface area (Å²) in [7, 11) is 0. The van der Waals surface area contributed by atoms with Gasteiger partial charge < -0.3 is 10.8 Å². The monoisotopic (exact) mass is 171 g/mol. The lowest BCUT2D eigenvalue weighted by molar-refractivity contribution is -0.140. The molecule has 1 atom stereocenters. The summed E-state index contributed by atoms with van der Waals surface area (Å²) < 4.78 is 0. The lowest BCUT2D eigenvalue weighted by Crippen LogP contribution is -2.13. The first-order valence-electron chi connectivity index (χ1n) is 4.17. The predicted octanol–water partition coefficient (Wildman–Crippen LogP) is 1.25. The van der Waals surface area contributed by atoms with Crippen molar-refractivity contribution in [1.82, 2.24) is 0 Å². The van der Waals surface area contributed by atoms with Crippen LogP contribution in [0.4, 0.5) is 0 Å². The topological polar surface area (TPSA) is 63.3 Å². The molecule has 0 bridgehead atoms. The number of carboxylic acids is 1. The van der Waals surface area contributed by atoms with E-state index in [1.807, 2.05) is 13.8 Å². The Morgan fingerprint density at radius 3 is 2.50 bits per heavy atom. The molecule has 0 heterocycles. The number of hydrogen-bond acceptors (Lipinski definition) is 2. The van der Waals surface area contributed by atoms with Crippen LogP contribution < -0.4 is 5.73 Å². The quantitative estimate of drug-likeness (QED) is 0.612. The summed E-state index contributed by atoms with van der Waals surface area (Å²) in [6, 6.07) is 0. The molecular weight excluding hydrogens is 154 g/mol. The summed E-state index contributed by atoms with van der Waals surface area (Å²) in [6.45, 7) is 4.42. The summed E-state index contributed by atoms with van der Waals surface area (Å²) in [5.74, 6) is -0.754. The second kappa shape index (κ2) is 5.77. The van der Waals surface area contributed by atoms with Gasteiger partial charge in [-0.25, -0.2) is 0 Å². The highest BCUT2D eigenvalue weighted by atomic mass is 16.4. The van der Waals surface area contributed by atoms with Crippen molar-refractivity contribution in [2.45, 2.75) is 20.3 Å².